The number of nitrogens with zero attached hydrogens (tertiary/aromatic N) is 6. The molecule has 2 aromatic rings. The van der Waals surface area contributed by atoms with Crippen molar-refractivity contribution in [2.75, 3.05) is 37.9 Å². The summed E-state index contributed by atoms with van der Waals surface area (Å²) in [6.07, 6.45) is 3.77. The van der Waals surface area contributed by atoms with Gasteiger partial charge in [-0.05, 0) is 6.07 Å². The monoisotopic (exact) mass is 290 g/mol. The minimum Gasteiger partial charge on any atom is -0.359 e. The number of anilines is 2. The Morgan fingerprint density at radius 3 is 2.76 bits per heavy atom. The molecule has 9 nitrogen and oxygen atoms in total. The lowest BCUT2D eigenvalue weighted by Crippen LogP contribution is -2.28. The van der Waals surface area contributed by atoms with E-state index in [0.717, 1.165) is 0 Å². The van der Waals surface area contributed by atoms with Crippen molar-refractivity contribution in [2.24, 2.45) is 0 Å². The molecule has 2 heterocycles. The molecule has 2 N–H and O–H groups in total. The Bertz CT molecular complexity index is 597. The summed E-state index contributed by atoms with van der Waals surface area (Å²) in [5, 5.41) is 9.58. The summed E-state index contributed by atoms with van der Waals surface area (Å²) in [4.78, 5) is 26.0. The molecule has 0 aliphatic carbocycles. The second kappa shape index (κ2) is 6.64. The van der Waals surface area contributed by atoms with Gasteiger partial charge in [0.1, 0.15) is 0 Å². The maximum absolute atomic E-state index is 11.3. The van der Waals surface area contributed by atoms with E-state index < -0.39 is 0 Å². The van der Waals surface area contributed by atoms with Gasteiger partial charge in [0.25, 0.3) is 5.95 Å². The summed E-state index contributed by atoms with van der Waals surface area (Å²) in [5.74, 6) is 1.30. The molecule has 0 aromatic carbocycles. The maximum Gasteiger partial charge on any atom is 0.257 e. The van der Waals surface area contributed by atoms with Gasteiger partial charge in [-0.3, -0.25) is 4.79 Å². The van der Waals surface area contributed by atoms with E-state index in [2.05, 4.69) is 30.7 Å². The predicted octanol–water partition coefficient (Wildman–Crippen LogP) is -0.329. The average Bonchev–Trinajstić information content (AvgIpc) is 3.06. The minimum atomic E-state index is -0.0305. The van der Waals surface area contributed by atoms with Crippen LogP contribution in [0.25, 0.3) is 5.95 Å². The van der Waals surface area contributed by atoms with Crippen molar-refractivity contribution < 1.29 is 4.79 Å². The lowest BCUT2D eigenvalue weighted by molar-refractivity contribution is -0.120. The molecule has 0 saturated heterocycles. The fourth-order valence-electron chi connectivity index (χ4n) is 1.62. The average molecular weight is 290 g/mol. The van der Waals surface area contributed by atoms with E-state index in [-0.39, 0.29) is 5.91 Å². The lowest BCUT2D eigenvalue weighted by Gasteiger charge is -2.17. The number of nitrogens with one attached hydrogen (secondary N) is 2. The Morgan fingerprint density at radius 2 is 2.14 bits per heavy atom. The van der Waals surface area contributed by atoms with Crippen molar-refractivity contribution in [2.45, 2.75) is 6.42 Å². The molecule has 0 radical (unpaired) electrons. The Hall–Kier alpha value is -2.71. The maximum atomic E-state index is 11.3. The topological polar surface area (TPSA) is 101 Å². The molecule has 9 heteroatoms. The van der Waals surface area contributed by atoms with Crippen LogP contribution in [0, 0.1) is 0 Å². The molecule has 21 heavy (non-hydrogen) atoms. The van der Waals surface area contributed by atoms with Crippen LogP contribution in [-0.4, -0.2) is 58.3 Å². The zero-order valence-electron chi connectivity index (χ0n) is 12.2. The summed E-state index contributed by atoms with van der Waals surface area (Å²) < 4.78 is 1.55. The third-order valence-electron chi connectivity index (χ3n) is 2.84. The molecule has 0 unspecified atom stereocenters. The predicted molar refractivity (Wildman–Crippen MR) is 78.4 cm³/mol. The first-order chi connectivity index (χ1) is 10.1. The van der Waals surface area contributed by atoms with Crippen molar-refractivity contribution in [3.05, 3.63) is 18.5 Å². The van der Waals surface area contributed by atoms with Crippen molar-refractivity contribution in [1.29, 1.82) is 0 Å². The molecule has 112 valence electrons. The number of hydrogen-bond donors (Lipinski definition) is 2. The molecule has 0 aliphatic rings. The quantitative estimate of drug-likeness (QED) is 0.751. The third kappa shape index (κ3) is 3.65. The largest absolute Gasteiger partial charge is 0.359 e. The van der Waals surface area contributed by atoms with Crippen LogP contribution in [0.4, 0.5) is 11.9 Å². The zero-order chi connectivity index (χ0) is 15.2. The van der Waals surface area contributed by atoms with Gasteiger partial charge in [0.15, 0.2) is 0 Å². The molecule has 0 saturated carbocycles. The van der Waals surface area contributed by atoms with Gasteiger partial charge >= 0.3 is 0 Å². The first kappa shape index (κ1) is 14.7. The van der Waals surface area contributed by atoms with Crippen LogP contribution < -0.4 is 15.5 Å². The van der Waals surface area contributed by atoms with Gasteiger partial charge in [0.2, 0.25) is 17.8 Å². The van der Waals surface area contributed by atoms with Gasteiger partial charge in [-0.25, -0.2) is 4.68 Å². The van der Waals surface area contributed by atoms with E-state index in [0.29, 0.717) is 30.8 Å². The van der Waals surface area contributed by atoms with Crippen molar-refractivity contribution in [1.82, 2.24) is 30.0 Å². The van der Waals surface area contributed by atoms with E-state index in [1.165, 1.54) is 0 Å². The Labute approximate surface area is 122 Å². The molecular formula is C12H18N8O. The summed E-state index contributed by atoms with van der Waals surface area (Å²) >= 11 is 0. The number of rotatable bonds is 6. The first-order valence-corrected chi connectivity index (χ1v) is 6.49. The molecule has 0 atom stereocenters. The van der Waals surface area contributed by atoms with Crippen LogP contribution in [0.15, 0.2) is 18.5 Å². The molecule has 1 amide bonds. The Morgan fingerprint density at radius 1 is 1.33 bits per heavy atom. The number of carbonyl (C=O) groups is 1. The summed E-state index contributed by atoms with van der Waals surface area (Å²) in [6, 6.07) is 1.79. The van der Waals surface area contributed by atoms with Gasteiger partial charge in [-0.15, -0.1) is 0 Å². The minimum absolute atomic E-state index is 0.0305. The summed E-state index contributed by atoms with van der Waals surface area (Å²) in [5.41, 5.74) is 0. The number of carbonyl (C=O) groups excluding carboxylic acids is 1. The molecule has 0 aliphatic heterocycles. The summed E-state index contributed by atoms with van der Waals surface area (Å²) in [7, 11) is 5.17. The van der Waals surface area contributed by atoms with E-state index in [9.17, 15) is 4.79 Å². The van der Waals surface area contributed by atoms with Gasteiger partial charge in [-0.1, -0.05) is 0 Å². The van der Waals surface area contributed by atoms with Crippen LogP contribution in [0.5, 0.6) is 0 Å². The van der Waals surface area contributed by atoms with Gasteiger partial charge in [0.05, 0.1) is 0 Å². The molecule has 0 fully saturated rings. The third-order valence-corrected chi connectivity index (χ3v) is 2.84. The van der Waals surface area contributed by atoms with E-state index >= 15 is 0 Å². The highest BCUT2D eigenvalue weighted by Crippen LogP contribution is 2.11. The fourth-order valence-corrected chi connectivity index (χ4v) is 1.62. The second-order valence-corrected chi connectivity index (χ2v) is 4.30. The molecule has 2 rings (SSSR count). The summed E-state index contributed by atoms with van der Waals surface area (Å²) in [6.45, 7) is 0.505. The standard InChI is InChI=1S/C12H18N8O/c1-13-9(21)5-8-19(3)11-16-10(14-2)17-12(18-11)20-7-4-6-15-20/h4,6-7H,5,8H2,1-3H3,(H,13,21)(H,14,16,17,18). The van der Waals surface area contributed by atoms with Crippen molar-refractivity contribution in [3.8, 4) is 5.95 Å². The smallest absolute Gasteiger partial charge is 0.257 e. The van der Waals surface area contributed by atoms with Gasteiger partial charge in [-0.2, -0.15) is 20.1 Å². The molecule has 0 bridgehead atoms. The van der Waals surface area contributed by atoms with Gasteiger partial charge < -0.3 is 15.5 Å². The highest BCUT2D eigenvalue weighted by Gasteiger charge is 2.12. The van der Waals surface area contributed by atoms with Crippen molar-refractivity contribution >= 4 is 17.8 Å². The highest BCUT2D eigenvalue weighted by molar-refractivity contribution is 5.76. The molecule has 0 spiro atoms. The van der Waals surface area contributed by atoms with E-state index in [4.69, 9.17) is 0 Å². The van der Waals surface area contributed by atoms with Crippen LogP contribution in [-0.2, 0) is 4.79 Å². The zero-order valence-corrected chi connectivity index (χ0v) is 12.2. The Kier molecular flexibility index (Phi) is 4.64. The van der Waals surface area contributed by atoms with Crippen molar-refractivity contribution in [3.63, 3.8) is 0 Å². The fraction of sp³-hybridized carbons (Fsp3) is 0.417. The molecular weight excluding hydrogens is 272 g/mol. The first-order valence-electron chi connectivity index (χ1n) is 6.49. The molecule has 2 aromatic heterocycles. The number of hydrogen-bond acceptors (Lipinski definition) is 7. The lowest BCUT2D eigenvalue weighted by atomic mass is 10.4. The SMILES string of the molecule is CNC(=O)CCN(C)c1nc(NC)nc(-n2cccn2)n1. The second-order valence-electron chi connectivity index (χ2n) is 4.30. The van der Waals surface area contributed by atoms with E-state index in [1.54, 1.807) is 42.1 Å². The van der Waals surface area contributed by atoms with Crippen LogP contribution in [0.2, 0.25) is 0 Å². The number of aromatic nitrogens is 5. The highest BCUT2D eigenvalue weighted by atomic mass is 16.1. The van der Waals surface area contributed by atoms with E-state index in [1.807, 2.05) is 7.05 Å². The normalized spacial score (nSPS) is 10.2. The number of amides is 1. The van der Waals surface area contributed by atoms with Crippen LogP contribution in [0.1, 0.15) is 6.42 Å². The van der Waals surface area contributed by atoms with Crippen LogP contribution in [0.3, 0.4) is 0 Å². The Balaban J connectivity index is 2.22. The van der Waals surface area contributed by atoms with Gasteiger partial charge in [0, 0.05) is 46.5 Å². The van der Waals surface area contributed by atoms with Crippen LogP contribution >= 0.6 is 0 Å².